The molecular weight excluding hydrogens is 248 g/mol. The normalized spacial score (nSPS) is 24.7. The molecule has 1 aromatic heterocycles. The molecule has 1 aliphatic rings. The molecule has 0 radical (unpaired) electrons. The molecule has 3 nitrogen and oxygen atoms in total. The van der Waals surface area contributed by atoms with Crippen molar-refractivity contribution in [2.24, 2.45) is 0 Å². The number of aliphatic hydroxyl groups is 1. The Labute approximate surface area is 120 Å². The molecule has 1 N–H and O–H groups in total. The molecule has 0 saturated carbocycles. The predicted octanol–water partition coefficient (Wildman–Crippen LogP) is 2.97. The molecule has 0 aliphatic carbocycles. The summed E-state index contributed by atoms with van der Waals surface area (Å²) in [6.45, 7) is 4.96. The standard InChI is InChI=1S/C17H22N2O/c1-17(20)7-3-10-19(11-8-17)13-14-5-6-16-15(12-14)4-2-9-18-16/h2,4-6,9,12,20H,3,7-8,10-11,13H2,1H3. The lowest BCUT2D eigenvalue weighted by Gasteiger charge is -2.22. The molecule has 0 amide bonds. The minimum atomic E-state index is -0.484. The van der Waals surface area contributed by atoms with Gasteiger partial charge in [0.15, 0.2) is 0 Å². The Morgan fingerprint density at radius 2 is 2.15 bits per heavy atom. The number of hydrogen-bond donors (Lipinski definition) is 1. The largest absolute Gasteiger partial charge is 0.390 e. The zero-order valence-electron chi connectivity index (χ0n) is 12.0. The van der Waals surface area contributed by atoms with E-state index >= 15 is 0 Å². The van der Waals surface area contributed by atoms with Crippen LogP contribution in [0, 0.1) is 0 Å². The van der Waals surface area contributed by atoms with Crippen molar-refractivity contribution in [1.29, 1.82) is 0 Å². The molecule has 1 fully saturated rings. The van der Waals surface area contributed by atoms with Gasteiger partial charge in [-0.1, -0.05) is 12.1 Å². The molecule has 1 unspecified atom stereocenters. The van der Waals surface area contributed by atoms with Crippen LogP contribution in [0.2, 0.25) is 0 Å². The Kier molecular flexibility index (Phi) is 3.72. The second-order valence-corrected chi connectivity index (χ2v) is 6.16. The van der Waals surface area contributed by atoms with Crippen LogP contribution in [0.4, 0.5) is 0 Å². The minimum Gasteiger partial charge on any atom is -0.390 e. The third-order valence-corrected chi connectivity index (χ3v) is 4.23. The van der Waals surface area contributed by atoms with Gasteiger partial charge in [0, 0.05) is 24.7 Å². The molecule has 3 rings (SSSR count). The van der Waals surface area contributed by atoms with Crippen LogP contribution in [0.3, 0.4) is 0 Å². The van der Waals surface area contributed by atoms with Crippen molar-refractivity contribution in [2.75, 3.05) is 13.1 Å². The molecule has 1 aliphatic heterocycles. The molecule has 106 valence electrons. The van der Waals surface area contributed by atoms with Crippen LogP contribution in [0.1, 0.15) is 31.7 Å². The Morgan fingerprint density at radius 1 is 1.25 bits per heavy atom. The highest BCUT2D eigenvalue weighted by molar-refractivity contribution is 5.78. The molecule has 2 aromatic rings. The van der Waals surface area contributed by atoms with Gasteiger partial charge in [0.2, 0.25) is 0 Å². The van der Waals surface area contributed by atoms with Crippen molar-refractivity contribution >= 4 is 10.9 Å². The van der Waals surface area contributed by atoms with Crippen LogP contribution in [-0.2, 0) is 6.54 Å². The Morgan fingerprint density at radius 3 is 3.05 bits per heavy atom. The number of pyridine rings is 1. The topological polar surface area (TPSA) is 36.4 Å². The van der Waals surface area contributed by atoms with E-state index < -0.39 is 5.60 Å². The summed E-state index contributed by atoms with van der Waals surface area (Å²) in [5.41, 5.74) is 1.89. The van der Waals surface area contributed by atoms with E-state index in [0.717, 1.165) is 44.4 Å². The van der Waals surface area contributed by atoms with E-state index in [9.17, 15) is 5.11 Å². The van der Waals surface area contributed by atoms with E-state index in [-0.39, 0.29) is 0 Å². The van der Waals surface area contributed by atoms with Crippen molar-refractivity contribution in [3.8, 4) is 0 Å². The van der Waals surface area contributed by atoms with E-state index in [4.69, 9.17) is 0 Å². The SMILES string of the molecule is CC1(O)CCCN(Cc2ccc3ncccc3c2)CC1. The van der Waals surface area contributed by atoms with Gasteiger partial charge in [-0.15, -0.1) is 0 Å². The van der Waals surface area contributed by atoms with Gasteiger partial charge in [0.1, 0.15) is 0 Å². The average molecular weight is 270 g/mol. The summed E-state index contributed by atoms with van der Waals surface area (Å²) in [5, 5.41) is 11.3. The van der Waals surface area contributed by atoms with Crippen LogP contribution >= 0.6 is 0 Å². The van der Waals surface area contributed by atoms with Crippen molar-refractivity contribution < 1.29 is 5.11 Å². The third kappa shape index (κ3) is 3.17. The van der Waals surface area contributed by atoms with E-state index in [0.29, 0.717) is 0 Å². The fourth-order valence-electron chi connectivity index (χ4n) is 2.96. The van der Waals surface area contributed by atoms with E-state index in [1.54, 1.807) is 0 Å². The fourth-order valence-corrected chi connectivity index (χ4v) is 2.96. The van der Waals surface area contributed by atoms with E-state index in [1.165, 1.54) is 10.9 Å². The lowest BCUT2D eigenvalue weighted by molar-refractivity contribution is 0.0444. The second kappa shape index (κ2) is 5.51. The quantitative estimate of drug-likeness (QED) is 0.911. The predicted molar refractivity (Wildman–Crippen MR) is 81.5 cm³/mol. The van der Waals surface area contributed by atoms with Crippen LogP contribution in [0.15, 0.2) is 36.5 Å². The van der Waals surface area contributed by atoms with Gasteiger partial charge in [-0.05, 0) is 56.5 Å². The molecule has 1 atom stereocenters. The first-order valence-corrected chi connectivity index (χ1v) is 7.41. The summed E-state index contributed by atoms with van der Waals surface area (Å²) in [5.74, 6) is 0. The van der Waals surface area contributed by atoms with Crippen LogP contribution < -0.4 is 0 Å². The zero-order chi connectivity index (χ0) is 14.0. The minimum absolute atomic E-state index is 0.484. The first-order chi connectivity index (χ1) is 9.62. The van der Waals surface area contributed by atoms with E-state index in [1.807, 2.05) is 19.2 Å². The molecule has 0 bridgehead atoms. The molecule has 1 saturated heterocycles. The Hall–Kier alpha value is -1.45. The van der Waals surface area contributed by atoms with Gasteiger partial charge < -0.3 is 5.11 Å². The van der Waals surface area contributed by atoms with Gasteiger partial charge in [0.05, 0.1) is 11.1 Å². The number of nitrogens with zero attached hydrogens (tertiary/aromatic N) is 2. The summed E-state index contributed by atoms with van der Waals surface area (Å²) in [7, 11) is 0. The summed E-state index contributed by atoms with van der Waals surface area (Å²) < 4.78 is 0. The number of rotatable bonds is 2. The Bertz CT molecular complexity index is 594. The number of fused-ring (bicyclic) bond motifs is 1. The van der Waals surface area contributed by atoms with Crippen LogP contribution in [0.25, 0.3) is 10.9 Å². The van der Waals surface area contributed by atoms with Gasteiger partial charge in [0.25, 0.3) is 0 Å². The number of likely N-dealkylation sites (tertiary alicyclic amines) is 1. The van der Waals surface area contributed by atoms with E-state index in [2.05, 4.69) is 34.1 Å². The maximum atomic E-state index is 10.1. The van der Waals surface area contributed by atoms with Crippen molar-refractivity contribution in [3.63, 3.8) is 0 Å². The lowest BCUT2D eigenvalue weighted by Crippen LogP contribution is -2.28. The van der Waals surface area contributed by atoms with Gasteiger partial charge in [-0.25, -0.2) is 0 Å². The molecule has 0 spiro atoms. The summed E-state index contributed by atoms with van der Waals surface area (Å²) in [6.07, 6.45) is 4.67. The maximum Gasteiger partial charge on any atom is 0.0702 e. The smallest absolute Gasteiger partial charge is 0.0702 e. The van der Waals surface area contributed by atoms with Gasteiger partial charge in [-0.2, -0.15) is 0 Å². The van der Waals surface area contributed by atoms with Crippen molar-refractivity contribution in [2.45, 2.75) is 38.3 Å². The maximum absolute atomic E-state index is 10.1. The van der Waals surface area contributed by atoms with Crippen molar-refractivity contribution in [3.05, 3.63) is 42.1 Å². The average Bonchev–Trinajstić information content (AvgIpc) is 2.60. The molecule has 20 heavy (non-hydrogen) atoms. The molecule has 3 heteroatoms. The molecular formula is C17H22N2O. The summed E-state index contributed by atoms with van der Waals surface area (Å²) in [6, 6.07) is 10.6. The zero-order valence-corrected chi connectivity index (χ0v) is 12.0. The molecule has 1 aromatic carbocycles. The Balaban J connectivity index is 1.72. The third-order valence-electron chi connectivity index (χ3n) is 4.23. The monoisotopic (exact) mass is 270 g/mol. The first kappa shape index (κ1) is 13.5. The first-order valence-electron chi connectivity index (χ1n) is 7.41. The van der Waals surface area contributed by atoms with Crippen LogP contribution in [0.5, 0.6) is 0 Å². The highest BCUT2D eigenvalue weighted by Crippen LogP contribution is 2.23. The summed E-state index contributed by atoms with van der Waals surface area (Å²) in [4.78, 5) is 6.80. The van der Waals surface area contributed by atoms with Gasteiger partial charge in [-0.3, -0.25) is 9.88 Å². The second-order valence-electron chi connectivity index (χ2n) is 6.16. The highest BCUT2D eigenvalue weighted by atomic mass is 16.3. The molecule has 2 heterocycles. The van der Waals surface area contributed by atoms with Crippen LogP contribution in [-0.4, -0.2) is 33.7 Å². The van der Waals surface area contributed by atoms with Gasteiger partial charge >= 0.3 is 0 Å². The fraction of sp³-hybridized carbons (Fsp3) is 0.471. The highest BCUT2D eigenvalue weighted by Gasteiger charge is 2.24. The number of benzene rings is 1. The van der Waals surface area contributed by atoms with Crippen molar-refractivity contribution in [1.82, 2.24) is 9.88 Å². The number of hydrogen-bond acceptors (Lipinski definition) is 3. The lowest BCUT2D eigenvalue weighted by atomic mass is 9.98. The number of aromatic nitrogens is 1. The summed E-state index contributed by atoms with van der Waals surface area (Å²) >= 11 is 0.